The molecule has 0 spiro atoms. The first-order chi connectivity index (χ1) is 13.1. The number of benzene rings is 1. The average molecular weight is 371 g/mol. The summed E-state index contributed by atoms with van der Waals surface area (Å²) >= 11 is 0. The van der Waals surface area contributed by atoms with E-state index in [1.807, 2.05) is 18.2 Å². The second-order valence-corrected chi connectivity index (χ2v) is 9.06. The molecular formula is C23H34N2O2. The minimum Gasteiger partial charge on any atom is -0.376 e. The third kappa shape index (κ3) is 4.07. The number of fused-ring (bicyclic) bond motifs is 1. The number of ether oxygens (including phenoxy) is 1. The lowest BCUT2D eigenvalue weighted by molar-refractivity contribution is -0.0493. The summed E-state index contributed by atoms with van der Waals surface area (Å²) in [5.41, 5.74) is 2.05. The molecule has 0 aromatic heterocycles. The first-order valence-corrected chi connectivity index (χ1v) is 10.7. The van der Waals surface area contributed by atoms with Crippen LogP contribution in [0.25, 0.3) is 0 Å². The van der Waals surface area contributed by atoms with Crippen LogP contribution >= 0.6 is 0 Å². The van der Waals surface area contributed by atoms with Crippen LogP contribution in [0.1, 0.15) is 48.5 Å². The first kappa shape index (κ1) is 18.9. The molecule has 0 bridgehead atoms. The zero-order valence-corrected chi connectivity index (χ0v) is 17.1. The zero-order valence-electron chi connectivity index (χ0n) is 17.1. The second kappa shape index (κ2) is 7.92. The maximum absolute atomic E-state index is 13.2. The fraction of sp³-hybridized carbons (Fsp3) is 0.696. The van der Waals surface area contributed by atoms with Crippen LogP contribution in [0.4, 0.5) is 0 Å². The molecule has 1 saturated heterocycles. The fourth-order valence-corrected chi connectivity index (χ4v) is 5.03. The van der Waals surface area contributed by atoms with Gasteiger partial charge in [0.15, 0.2) is 0 Å². The van der Waals surface area contributed by atoms with Gasteiger partial charge in [-0.2, -0.15) is 0 Å². The van der Waals surface area contributed by atoms with Crippen molar-refractivity contribution in [2.75, 3.05) is 33.8 Å². The lowest BCUT2D eigenvalue weighted by Crippen LogP contribution is -2.48. The van der Waals surface area contributed by atoms with Crippen LogP contribution in [0, 0.1) is 17.8 Å². The quantitative estimate of drug-likeness (QED) is 0.769. The van der Waals surface area contributed by atoms with Gasteiger partial charge in [-0.1, -0.05) is 25.1 Å². The van der Waals surface area contributed by atoms with E-state index in [-0.39, 0.29) is 5.91 Å². The molecular weight excluding hydrogens is 336 g/mol. The lowest BCUT2D eigenvalue weighted by Gasteiger charge is -2.41. The molecule has 2 saturated carbocycles. The Labute approximate surface area is 163 Å². The number of hydrogen-bond donors (Lipinski definition) is 0. The minimum absolute atomic E-state index is 0.221. The molecule has 0 unspecified atom stereocenters. The van der Waals surface area contributed by atoms with Gasteiger partial charge in [-0.05, 0) is 75.6 Å². The van der Waals surface area contributed by atoms with Crippen LogP contribution in [-0.2, 0) is 11.2 Å². The summed E-state index contributed by atoms with van der Waals surface area (Å²) in [6.45, 7) is 4.85. The van der Waals surface area contributed by atoms with Gasteiger partial charge in [-0.15, -0.1) is 0 Å². The number of likely N-dealkylation sites (tertiary alicyclic amines) is 1. The molecule has 3 fully saturated rings. The summed E-state index contributed by atoms with van der Waals surface area (Å²) in [7, 11) is 4.35. The summed E-state index contributed by atoms with van der Waals surface area (Å²) in [5, 5.41) is 0. The van der Waals surface area contributed by atoms with Crippen molar-refractivity contribution in [1.29, 1.82) is 0 Å². The van der Waals surface area contributed by atoms with Gasteiger partial charge in [0.1, 0.15) is 0 Å². The van der Waals surface area contributed by atoms with E-state index in [0.29, 0.717) is 24.0 Å². The number of amides is 1. The van der Waals surface area contributed by atoms with Crippen LogP contribution in [-0.4, -0.2) is 61.6 Å². The van der Waals surface area contributed by atoms with Crippen molar-refractivity contribution in [3.05, 3.63) is 35.4 Å². The van der Waals surface area contributed by atoms with E-state index in [4.69, 9.17) is 4.74 Å². The summed E-state index contributed by atoms with van der Waals surface area (Å²) in [6.07, 6.45) is 6.14. The molecule has 1 heterocycles. The Morgan fingerprint density at radius 3 is 2.52 bits per heavy atom. The van der Waals surface area contributed by atoms with Gasteiger partial charge >= 0.3 is 0 Å². The number of hydrogen-bond acceptors (Lipinski definition) is 3. The third-order valence-electron chi connectivity index (χ3n) is 6.91. The number of carbonyl (C=O) groups is 1. The lowest BCUT2D eigenvalue weighted by atomic mass is 9.77. The topological polar surface area (TPSA) is 32.8 Å². The summed E-state index contributed by atoms with van der Waals surface area (Å²) in [4.78, 5) is 17.6. The highest BCUT2D eigenvalue weighted by atomic mass is 16.5. The smallest absolute Gasteiger partial charge is 0.254 e. The van der Waals surface area contributed by atoms with Gasteiger partial charge in [0.05, 0.1) is 6.10 Å². The largest absolute Gasteiger partial charge is 0.376 e. The molecule has 0 radical (unpaired) electrons. The molecule has 4 heteroatoms. The van der Waals surface area contributed by atoms with Crippen molar-refractivity contribution < 1.29 is 9.53 Å². The van der Waals surface area contributed by atoms with Gasteiger partial charge in [0.2, 0.25) is 0 Å². The van der Waals surface area contributed by atoms with E-state index >= 15 is 0 Å². The molecule has 4 nitrogen and oxygen atoms in total. The second-order valence-electron chi connectivity index (χ2n) is 9.06. The number of rotatable bonds is 6. The predicted octanol–water partition coefficient (Wildman–Crippen LogP) is 3.46. The summed E-state index contributed by atoms with van der Waals surface area (Å²) in [6, 6.07) is 8.57. The monoisotopic (exact) mass is 370 g/mol. The Balaban J connectivity index is 1.44. The van der Waals surface area contributed by atoms with Gasteiger partial charge < -0.3 is 14.5 Å². The number of likely N-dealkylation sites (N-methyl/N-ethyl adjacent to an activating group) is 1. The van der Waals surface area contributed by atoms with Crippen molar-refractivity contribution in [2.45, 2.75) is 51.2 Å². The Kier molecular flexibility index (Phi) is 5.56. The maximum Gasteiger partial charge on any atom is 0.254 e. The number of nitrogens with zero attached hydrogens (tertiary/aromatic N) is 2. The molecule has 3 aliphatic rings. The maximum atomic E-state index is 13.2. The Morgan fingerprint density at radius 2 is 1.85 bits per heavy atom. The fourth-order valence-electron chi connectivity index (χ4n) is 5.03. The Morgan fingerprint density at radius 1 is 1.15 bits per heavy atom. The zero-order chi connectivity index (χ0) is 19.0. The van der Waals surface area contributed by atoms with Crippen LogP contribution in [0.3, 0.4) is 0 Å². The number of carbonyl (C=O) groups excluding carboxylic acids is 1. The summed E-state index contributed by atoms with van der Waals surface area (Å²) in [5.74, 6) is 2.22. The highest BCUT2D eigenvalue weighted by Gasteiger charge is 2.45. The third-order valence-corrected chi connectivity index (χ3v) is 6.91. The van der Waals surface area contributed by atoms with Crippen LogP contribution in [0.5, 0.6) is 0 Å². The molecule has 148 valence electrons. The van der Waals surface area contributed by atoms with Crippen molar-refractivity contribution >= 4 is 5.91 Å². The minimum atomic E-state index is 0.221. The standard InChI is InChI=1S/C23H34N2O2/c1-4-17-7-5-6-8-20(17)23(26)25-13-18-11-21(24(2)3)22(12-19(18)14-25)27-15-16-9-10-16/h5-8,16,18-19,21-22H,4,9-15H2,1-3H3/t18-,19+,21-,22-/m1/s1. The predicted molar refractivity (Wildman–Crippen MR) is 108 cm³/mol. The molecule has 1 aliphatic heterocycles. The SMILES string of the molecule is CCc1ccccc1C(=O)N1C[C@H]2C[C@@H](N(C)C)[C@H](OCC3CC3)C[C@H]2C1. The van der Waals surface area contributed by atoms with Crippen molar-refractivity contribution in [2.24, 2.45) is 17.8 Å². The van der Waals surface area contributed by atoms with Crippen molar-refractivity contribution in [1.82, 2.24) is 9.80 Å². The van der Waals surface area contributed by atoms with Crippen LogP contribution < -0.4 is 0 Å². The van der Waals surface area contributed by atoms with E-state index in [0.717, 1.165) is 56.0 Å². The van der Waals surface area contributed by atoms with E-state index < -0.39 is 0 Å². The normalized spacial score (nSPS) is 30.6. The van der Waals surface area contributed by atoms with Crippen molar-refractivity contribution in [3.8, 4) is 0 Å². The van der Waals surface area contributed by atoms with Crippen molar-refractivity contribution in [3.63, 3.8) is 0 Å². The highest BCUT2D eigenvalue weighted by Crippen LogP contribution is 2.40. The molecule has 2 aliphatic carbocycles. The molecule has 0 N–H and O–H groups in total. The van der Waals surface area contributed by atoms with E-state index in [9.17, 15) is 4.79 Å². The molecule has 4 rings (SSSR count). The molecule has 27 heavy (non-hydrogen) atoms. The van der Waals surface area contributed by atoms with E-state index in [1.165, 1.54) is 12.8 Å². The van der Waals surface area contributed by atoms with Gasteiger partial charge in [0, 0.05) is 31.3 Å². The molecule has 1 aromatic rings. The van der Waals surface area contributed by atoms with E-state index in [2.05, 4.69) is 36.9 Å². The molecule has 1 aromatic carbocycles. The van der Waals surface area contributed by atoms with Crippen LogP contribution in [0.2, 0.25) is 0 Å². The first-order valence-electron chi connectivity index (χ1n) is 10.7. The van der Waals surface area contributed by atoms with Gasteiger partial charge in [0.25, 0.3) is 5.91 Å². The summed E-state index contributed by atoms with van der Waals surface area (Å²) < 4.78 is 6.36. The van der Waals surface area contributed by atoms with Gasteiger partial charge in [-0.3, -0.25) is 4.79 Å². The number of aryl methyl sites for hydroxylation is 1. The Bertz CT molecular complexity index is 670. The molecule has 4 atom stereocenters. The molecule has 1 amide bonds. The Hall–Kier alpha value is -1.39. The highest BCUT2D eigenvalue weighted by molar-refractivity contribution is 5.95. The van der Waals surface area contributed by atoms with E-state index in [1.54, 1.807) is 0 Å². The average Bonchev–Trinajstić information content (AvgIpc) is 3.42. The van der Waals surface area contributed by atoms with Crippen LogP contribution in [0.15, 0.2) is 24.3 Å². The van der Waals surface area contributed by atoms with Gasteiger partial charge in [-0.25, -0.2) is 0 Å².